The number of carboxylic acid groups (broad SMARTS) is 1. The molecule has 0 unspecified atom stereocenters. The molecule has 0 saturated heterocycles. The minimum absolute atomic E-state index is 0.0235. The number of ether oxygens (including phenoxy) is 2. The summed E-state index contributed by atoms with van der Waals surface area (Å²) in [7, 11) is 1.58. The zero-order valence-corrected chi connectivity index (χ0v) is 21.5. The molecule has 1 N–H and O–H groups in total. The fourth-order valence-electron chi connectivity index (χ4n) is 5.60. The summed E-state index contributed by atoms with van der Waals surface area (Å²) in [6.45, 7) is 4.75. The maximum Gasteiger partial charge on any atom is 0.304 e. The third-order valence-corrected chi connectivity index (χ3v) is 7.63. The average Bonchev–Trinajstić information content (AvgIpc) is 3.44. The fraction of sp³-hybridized carbons (Fsp3) is 0.355. The lowest BCUT2D eigenvalue weighted by molar-refractivity contribution is -0.137. The van der Waals surface area contributed by atoms with Crippen molar-refractivity contribution in [2.24, 2.45) is 5.41 Å². The number of pyridine rings is 1. The summed E-state index contributed by atoms with van der Waals surface area (Å²) >= 11 is 0. The number of aryl methyl sites for hydroxylation is 1. The Morgan fingerprint density at radius 2 is 1.95 bits per heavy atom. The lowest BCUT2D eigenvalue weighted by Gasteiger charge is -2.25. The number of benzene rings is 2. The number of aliphatic carboxylic acids is 1. The topological polar surface area (TPSA) is 68.7 Å². The number of allylic oxidation sites excluding steroid dienone is 2. The van der Waals surface area contributed by atoms with Crippen LogP contribution in [0.3, 0.4) is 0 Å². The first-order chi connectivity index (χ1) is 17.7. The molecule has 0 saturated carbocycles. The van der Waals surface area contributed by atoms with Crippen LogP contribution in [0, 0.1) is 11.2 Å². The molecule has 192 valence electrons. The van der Waals surface area contributed by atoms with E-state index in [-0.39, 0.29) is 23.6 Å². The van der Waals surface area contributed by atoms with E-state index in [2.05, 4.69) is 31.0 Å². The van der Waals surface area contributed by atoms with Gasteiger partial charge in [0.25, 0.3) is 0 Å². The largest absolute Gasteiger partial charge is 0.497 e. The van der Waals surface area contributed by atoms with Crippen molar-refractivity contribution in [3.63, 3.8) is 0 Å². The maximum absolute atomic E-state index is 15.0. The Bertz CT molecular complexity index is 1380. The monoisotopic (exact) mass is 501 g/mol. The molecular weight excluding hydrogens is 469 g/mol. The number of hydrogen-bond acceptors (Lipinski definition) is 4. The van der Waals surface area contributed by atoms with Crippen LogP contribution in [0.5, 0.6) is 11.6 Å². The number of rotatable bonds is 8. The minimum Gasteiger partial charge on any atom is -0.497 e. The van der Waals surface area contributed by atoms with Crippen molar-refractivity contribution >= 4 is 11.5 Å². The van der Waals surface area contributed by atoms with Crippen molar-refractivity contribution in [3.8, 4) is 22.8 Å². The van der Waals surface area contributed by atoms with Gasteiger partial charge in [-0.05, 0) is 83.2 Å². The molecule has 2 aliphatic rings. The van der Waals surface area contributed by atoms with Gasteiger partial charge in [0, 0.05) is 17.5 Å². The summed E-state index contributed by atoms with van der Waals surface area (Å²) in [4.78, 5) is 15.9. The second kappa shape index (κ2) is 10.0. The van der Waals surface area contributed by atoms with Gasteiger partial charge in [-0.25, -0.2) is 9.37 Å². The van der Waals surface area contributed by atoms with Gasteiger partial charge in [-0.1, -0.05) is 38.1 Å². The molecule has 1 atom stereocenters. The van der Waals surface area contributed by atoms with Crippen LogP contribution in [0.25, 0.3) is 16.7 Å². The Morgan fingerprint density at radius 1 is 1.11 bits per heavy atom. The van der Waals surface area contributed by atoms with Gasteiger partial charge < -0.3 is 14.6 Å². The van der Waals surface area contributed by atoms with Gasteiger partial charge in [-0.3, -0.25) is 4.79 Å². The van der Waals surface area contributed by atoms with Gasteiger partial charge in [0.15, 0.2) is 0 Å². The average molecular weight is 502 g/mol. The summed E-state index contributed by atoms with van der Waals surface area (Å²) in [5.41, 5.74) is 6.41. The quantitative estimate of drug-likeness (QED) is 0.354. The maximum atomic E-state index is 15.0. The number of hydrogen-bond donors (Lipinski definition) is 1. The van der Waals surface area contributed by atoms with E-state index in [9.17, 15) is 14.3 Å². The zero-order chi connectivity index (χ0) is 26.2. The third-order valence-electron chi connectivity index (χ3n) is 7.63. The molecule has 3 aromatic rings. The van der Waals surface area contributed by atoms with E-state index < -0.39 is 5.97 Å². The summed E-state index contributed by atoms with van der Waals surface area (Å²) in [6.07, 6.45) is 6.01. The summed E-state index contributed by atoms with van der Waals surface area (Å²) in [5, 5.41) is 9.23. The van der Waals surface area contributed by atoms with E-state index in [1.807, 2.05) is 24.3 Å². The number of halogens is 1. The highest BCUT2D eigenvalue weighted by Gasteiger charge is 2.31. The Hall–Kier alpha value is -3.67. The predicted molar refractivity (Wildman–Crippen MR) is 141 cm³/mol. The van der Waals surface area contributed by atoms with E-state index >= 15 is 0 Å². The lowest BCUT2D eigenvalue weighted by atomic mass is 9.79. The molecule has 0 radical (unpaired) electrons. The third kappa shape index (κ3) is 5.10. The van der Waals surface area contributed by atoms with Crippen molar-refractivity contribution in [1.29, 1.82) is 0 Å². The number of nitrogens with zero attached hydrogens (tertiary/aromatic N) is 1. The molecule has 6 heteroatoms. The van der Waals surface area contributed by atoms with Crippen LogP contribution in [-0.2, 0) is 17.8 Å². The standard InChI is InChI=1S/C31H32FNO4/c1-31(2)14-4-5-26(31)24-15-19(6-11-23(24)25-17-22(36-3)10-12-27(25)32)18-37-28-13-9-20-7-8-21(16-29(34)35)30(20)33-28/h5-6,9-13,15,17,21H,4,7-8,14,16,18H2,1-3H3,(H,34,35)/t21-/m1/s1. The van der Waals surface area contributed by atoms with Crippen LogP contribution in [0.15, 0.2) is 54.6 Å². The fourth-order valence-corrected chi connectivity index (χ4v) is 5.60. The Balaban J connectivity index is 1.46. The summed E-state index contributed by atoms with van der Waals surface area (Å²) in [5.74, 6) is -0.0774. The van der Waals surface area contributed by atoms with Crippen LogP contribution in [0.4, 0.5) is 4.39 Å². The molecule has 5 nitrogen and oxygen atoms in total. The highest BCUT2D eigenvalue weighted by atomic mass is 19.1. The number of carbonyl (C=O) groups is 1. The van der Waals surface area contributed by atoms with Gasteiger partial charge in [0.2, 0.25) is 5.88 Å². The van der Waals surface area contributed by atoms with Crippen LogP contribution < -0.4 is 9.47 Å². The molecule has 2 aromatic carbocycles. The molecule has 0 bridgehead atoms. The van der Waals surface area contributed by atoms with Crippen LogP contribution in [0.2, 0.25) is 0 Å². The Kier molecular flexibility index (Phi) is 6.76. The second-order valence-corrected chi connectivity index (χ2v) is 10.6. The molecule has 1 aromatic heterocycles. The van der Waals surface area contributed by atoms with Gasteiger partial charge in [-0.15, -0.1) is 0 Å². The van der Waals surface area contributed by atoms with E-state index in [0.717, 1.165) is 53.6 Å². The SMILES string of the molecule is COc1ccc(F)c(-c2ccc(COc3ccc4c(n3)[C@@H](CC(=O)O)CC4)cc2C2=CCCC2(C)C)c1. The number of methoxy groups -OCH3 is 1. The van der Waals surface area contributed by atoms with Crippen molar-refractivity contribution in [3.05, 3.63) is 82.8 Å². The molecule has 0 amide bonds. The molecule has 0 aliphatic heterocycles. The van der Waals surface area contributed by atoms with Gasteiger partial charge >= 0.3 is 5.97 Å². The van der Waals surface area contributed by atoms with Crippen LogP contribution >= 0.6 is 0 Å². The van der Waals surface area contributed by atoms with Gasteiger partial charge in [-0.2, -0.15) is 0 Å². The van der Waals surface area contributed by atoms with E-state index in [1.54, 1.807) is 19.2 Å². The molecule has 0 fully saturated rings. The van der Waals surface area contributed by atoms with Crippen molar-refractivity contribution in [2.75, 3.05) is 7.11 Å². The molecular formula is C31H32FNO4. The number of fused-ring (bicyclic) bond motifs is 1. The highest BCUT2D eigenvalue weighted by molar-refractivity contribution is 5.85. The molecule has 37 heavy (non-hydrogen) atoms. The van der Waals surface area contributed by atoms with E-state index in [1.165, 1.54) is 11.6 Å². The number of carboxylic acids is 1. The normalized spacial score (nSPS) is 17.8. The Labute approximate surface area is 217 Å². The first kappa shape index (κ1) is 25.0. The van der Waals surface area contributed by atoms with Gasteiger partial charge in [0.1, 0.15) is 18.2 Å². The van der Waals surface area contributed by atoms with Crippen molar-refractivity contribution in [1.82, 2.24) is 4.98 Å². The van der Waals surface area contributed by atoms with Crippen LogP contribution in [0.1, 0.15) is 67.8 Å². The summed E-state index contributed by atoms with van der Waals surface area (Å²) < 4.78 is 26.4. The zero-order valence-electron chi connectivity index (χ0n) is 21.5. The summed E-state index contributed by atoms with van der Waals surface area (Å²) in [6, 6.07) is 14.7. The first-order valence-corrected chi connectivity index (χ1v) is 12.8. The lowest BCUT2D eigenvalue weighted by Crippen LogP contribution is -2.10. The highest BCUT2D eigenvalue weighted by Crippen LogP contribution is 2.47. The molecule has 1 heterocycles. The van der Waals surface area contributed by atoms with E-state index in [4.69, 9.17) is 9.47 Å². The molecule has 0 spiro atoms. The van der Waals surface area contributed by atoms with E-state index in [0.29, 0.717) is 23.8 Å². The minimum atomic E-state index is -0.810. The Morgan fingerprint density at radius 3 is 2.68 bits per heavy atom. The van der Waals surface area contributed by atoms with Crippen molar-refractivity contribution < 1.29 is 23.8 Å². The first-order valence-electron chi connectivity index (χ1n) is 12.8. The van der Waals surface area contributed by atoms with Crippen molar-refractivity contribution in [2.45, 2.75) is 58.5 Å². The van der Waals surface area contributed by atoms with Gasteiger partial charge in [0.05, 0.1) is 19.2 Å². The number of aromatic nitrogens is 1. The smallest absolute Gasteiger partial charge is 0.304 e. The van der Waals surface area contributed by atoms with Crippen LogP contribution in [-0.4, -0.2) is 23.2 Å². The molecule has 5 rings (SSSR count). The molecule has 2 aliphatic carbocycles. The predicted octanol–water partition coefficient (Wildman–Crippen LogP) is 7.18. The second-order valence-electron chi connectivity index (χ2n) is 10.6.